The molecule has 6 heteroatoms. The number of esters is 1. The lowest BCUT2D eigenvalue weighted by Crippen LogP contribution is -2.39. The smallest absolute Gasteiger partial charge is 0.340 e. The molecule has 2 N–H and O–H groups in total. The number of ether oxygens (including phenoxy) is 1. The van der Waals surface area contributed by atoms with Gasteiger partial charge in [-0.05, 0) is 19.1 Å². The molecule has 2 rings (SSSR count). The van der Waals surface area contributed by atoms with Crippen LogP contribution in [0.15, 0.2) is 18.2 Å². The largest absolute Gasteiger partial charge is 0.462 e. The van der Waals surface area contributed by atoms with Crippen molar-refractivity contribution in [1.29, 1.82) is 0 Å². The van der Waals surface area contributed by atoms with Crippen molar-refractivity contribution >= 4 is 28.1 Å². The van der Waals surface area contributed by atoms with E-state index in [9.17, 15) is 9.00 Å². The molecule has 1 aliphatic rings. The second kappa shape index (κ2) is 6.06. The van der Waals surface area contributed by atoms with E-state index in [1.807, 2.05) is 4.90 Å². The fourth-order valence-electron chi connectivity index (χ4n) is 2.15. The summed E-state index contributed by atoms with van der Waals surface area (Å²) >= 11 is 0. The van der Waals surface area contributed by atoms with Crippen LogP contribution in [0, 0.1) is 0 Å². The fourth-order valence-corrected chi connectivity index (χ4v) is 3.20. The van der Waals surface area contributed by atoms with E-state index in [1.165, 1.54) is 0 Å². The van der Waals surface area contributed by atoms with Crippen LogP contribution in [0.2, 0.25) is 0 Å². The first-order valence-electron chi connectivity index (χ1n) is 6.29. The standard InChI is InChI=1S/C13H18N2O3S/c1-2-18-13(16)10-4-3-5-11(14)12(10)15-6-8-19(17)9-7-15/h3-5H,2,6-9,14H2,1H3. The van der Waals surface area contributed by atoms with E-state index < -0.39 is 10.8 Å². The Bertz CT molecular complexity index is 495. The number of nitrogen functional groups attached to an aromatic ring is 1. The number of hydrogen-bond acceptors (Lipinski definition) is 5. The number of rotatable bonds is 3. The highest BCUT2D eigenvalue weighted by Crippen LogP contribution is 2.29. The van der Waals surface area contributed by atoms with Gasteiger partial charge in [0.25, 0.3) is 0 Å². The first-order valence-corrected chi connectivity index (χ1v) is 7.77. The van der Waals surface area contributed by atoms with Crippen LogP contribution in [0.5, 0.6) is 0 Å². The van der Waals surface area contributed by atoms with Gasteiger partial charge in [0, 0.05) is 35.4 Å². The number of nitrogens with two attached hydrogens (primary N) is 1. The minimum atomic E-state index is -0.761. The molecule has 0 aromatic heterocycles. The molecule has 1 aromatic carbocycles. The molecule has 0 unspecified atom stereocenters. The van der Waals surface area contributed by atoms with Gasteiger partial charge in [0.05, 0.1) is 23.5 Å². The minimum absolute atomic E-state index is 0.330. The Morgan fingerprint density at radius 1 is 1.42 bits per heavy atom. The molecule has 0 amide bonds. The maximum absolute atomic E-state index is 12.0. The second-order valence-electron chi connectivity index (χ2n) is 4.30. The predicted molar refractivity (Wildman–Crippen MR) is 76.9 cm³/mol. The van der Waals surface area contributed by atoms with E-state index in [0.29, 0.717) is 48.1 Å². The lowest BCUT2D eigenvalue weighted by molar-refractivity contribution is 0.0527. The molecule has 1 heterocycles. The van der Waals surface area contributed by atoms with E-state index in [4.69, 9.17) is 10.5 Å². The normalized spacial score (nSPS) is 16.4. The lowest BCUT2D eigenvalue weighted by Gasteiger charge is -2.30. The fraction of sp³-hybridized carbons (Fsp3) is 0.462. The Morgan fingerprint density at radius 3 is 2.74 bits per heavy atom. The van der Waals surface area contributed by atoms with Crippen LogP contribution in [-0.4, -0.2) is 41.4 Å². The van der Waals surface area contributed by atoms with Crippen molar-refractivity contribution in [3.05, 3.63) is 23.8 Å². The molecule has 0 aliphatic carbocycles. The van der Waals surface area contributed by atoms with Gasteiger partial charge in [-0.25, -0.2) is 4.79 Å². The molecule has 0 atom stereocenters. The Hall–Kier alpha value is -1.56. The van der Waals surface area contributed by atoms with Crippen LogP contribution in [-0.2, 0) is 15.5 Å². The van der Waals surface area contributed by atoms with Gasteiger partial charge in [0.2, 0.25) is 0 Å². The molecule has 1 fully saturated rings. The Morgan fingerprint density at radius 2 is 2.11 bits per heavy atom. The second-order valence-corrected chi connectivity index (χ2v) is 6.00. The number of nitrogens with zero attached hydrogens (tertiary/aromatic N) is 1. The van der Waals surface area contributed by atoms with Crippen LogP contribution in [0.25, 0.3) is 0 Å². The van der Waals surface area contributed by atoms with Gasteiger partial charge >= 0.3 is 5.97 Å². The van der Waals surface area contributed by atoms with Gasteiger partial charge < -0.3 is 15.4 Å². The molecule has 19 heavy (non-hydrogen) atoms. The highest BCUT2D eigenvalue weighted by molar-refractivity contribution is 7.85. The monoisotopic (exact) mass is 282 g/mol. The van der Waals surface area contributed by atoms with Crippen LogP contribution >= 0.6 is 0 Å². The highest BCUT2D eigenvalue weighted by Gasteiger charge is 2.23. The van der Waals surface area contributed by atoms with Crippen molar-refractivity contribution in [3.63, 3.8) is 0 Å². The van der Waals surface area contributed by atoms with Gasteiger partial charge in [-0.1, -0.05) is 6.07 Å². The van der Waals surface area contributed by atoms with Crippen molar-refractivity contribution < 1.29 is 13.7 Å². The zero-order valence-corrected chi connectivity index (χ0v) is 11.7. The first-order chi connectivity index (χ1) is 9.13. The molecule has 0 radical (unpaired) electrons. The molecule has 104 valence electrons. The maximum atomic E-state index is 12.0. The Kier molecular flexibility index (Phi) is 4.42. The molecule has 0 spiro atoms. The molecular weight excluding hydrogens is 264 g/mol. The number of anilines is 2. The van der Waals surface area contributed by atoms with Crippen LogP contribution in [0.1, 0.15) is 17.3 Å². The van der Waals surface area contributed by atoms with Crippen LogP contribution in [0.4, 0.5) is 11.4 Å². The van der Waals surface area contributed by atoms with Crippen molar-refractivity contribution in [2.75, 3.05) is 41.8 Å². The van der Waals surface area contributed by atoms with Crippen molar-refractivity contribution in [2.24, 2.45) is 0 Å². The van der Waals surface area contributed by atoms with Crippen molar-refractivity contribution in [1.82, 2.24) is 0 Å². The van der Waals surface area contributed by atoms with Gasteiger partial charge in [-0.3, -0.25) is 4.21 Å². The summed E-state index contributed by atoms with van der Waals surface area (Å²) in [6, 6.07) is 5.23. The number of carbonyl (C=O) groups is 1. The average Bonchev–Trinajstić information content (AvgIpc) is 2.40. The Balaban J connectivity index is 2.32. The SMILES string of the molecule is CCOC(=O)c1cccc(N)c1N1CCS(=O)CC1. The van der Waals surface area contributed by atoms with E-state index in [-0.39, 0.29) is 5.97 Å². The van der Waals surface area contributed by atoms with E-state index in [0.717, 1.165) is 0 Å². The summed E-state index contributed by atoms with van der Waals surface area (Å²) in [6.45, 7) is 3.39. The molecular formula is C13H18N2O3S. The predicted octanol–water partition coefficient (Wildman–Crippen LogP) is 1.01. The zero-order valence-electron chi connectivity index (χ0n) is 10.9. The van der Waals surface area contributed by atoms with Gasteiger partial charge in [-0.2, -0.15) is 0 Å². The summed E-state index contributed by atoms with van der Waals surface area (Å²) in [5.41, 5.74) is 7.74. The van der Waals surface area contributed by atoms with E-state index in [1.54, 1.807) is 25.1 Å². The third-order valence-electron chi connectivity index (χ3n) is 3.06. The Labute approximate surface area is 115 Å². The summed E-state index contributed by atoms with van der Waals surface area (Å²) in [6.07, 6.45) is 0. The quantitative estimate of drug-likeness (QED) is 0.662. The summed E-state index contributed by atoms with van der Waals surface area (Å²) in [5.74, 6) is 0.851. The van der Waals surface area contributed by atoms with Crippen molar-refractivity contribution in [3.8, 4) is 0 Å². The molecule has 1 aliphatic heterocycles. The van der Waals surface area contributed by atoms with E-state index >= 15 is 0 Å². The number of para-hydroxylation sites is 1. The summed E-state index contributed by atoms with van der Waals surface area (Å²) in [5, 5.41) is 0. The topological polar surface area (TPSA) is 72.6 Å². The van der Waals surface area contributed by atoms with Gasteiger partial charge in [0.1, 0.15) is 0 Å². The molecule has 0 saturated carbocycles. The van der Waals surface area contributed by atoms with E-state index in [2.05, 4.69) is 0 Å². The van der Waals surface area contributed by atoms with Gasteiger partial charge in [0.15, 0.2) is 0 Å². The lowest BCUT2D eigenvalue weighted by atomic mass is 10.1. The third-order valence-corrected chi connectivity index (χ3v) is 4.33. The van der Waals surface area contributed by atoms with Crippen molar-refractivity contribution in [2.45, 2.75) is 6.92 Å². The summed E-state index contributed by atoms with van der Waals surface area (Å²) < 4.78 is 16.5. The maximum Gasteiger partial charge on any atom is 0.340 e. The summed E-state index contributed by atoms with van der Waals surface area (Å²) in [4.78, 5) is 14.0. The summed E-state index contributed by atoms with van der Waals surface area (Å²) in [7, 11) is -0.761. The molecule has 1 aromatic rings. The first kappa shape index (κ1) is 13.9. The minimum Gasteiger partial charge on any atom is -0.462 e. The number of benzene rings is 1. The van der Waals surface area contributed by atoms with Crippen LogP contribution in [0.3, 0.4) is 0 Å². The van der Waals surface area contributed by atoms with Gasteiger partial charge in [-0.15, -0.1) is 0 Å². The average molecular weight is 282 g/mol. The molecule has 5 nitrogen and oxygen atoms in total. The molecule has 0 bridgehead atoms. The highest BCUT2D eigenvalue weighted by atomic mass is 32.2. The number of carbonyl (C=O) groups excluding carboxylic acids is 1. The number of hydrogen-bond donors (Lipinski definition) is 1. The van der Waals surface area contributed by atoms with Crippen LogP contribution < -0.4 is 10.6 Å². The molecule has 1 saturated heterocycles. The zero-order chi connectivity index (χ0) is 13.8. The third kappa shape index (κ3) is 3.07.